The van der Waals surface area contributed by atoms with E-state index in [1.807, 2.05) is 49.5 Å². The van der Waals surface area contributed by atoms with Gasteiger partial charge in [0.2, 0.25) is 0 Å². The fraction of sp³-hybridized carbons (Fsp3) is 0.308. The molecule has 2 N–H and O–H groups in total. The van der Waals surface area contributed by atoms with Crippen LogP contribution in [0, 0.1) is 5.92 Å². The molecule has 2 aliphatic rings. The Kier molecular flexibility index (Phi) is 5.43. The Morgan fingerprint density at radius 3 is 2.47 bits per heavy atom. The van der Waals surface area contributed by atoms with Crippen molar-refractivity contribution in [3.63, 3.8) is 0 Å². The molecule has 34 heavy (non-hydrogen) atoms. The Morgan fingerprint density at radius 2 is 1.79 bits per heavy atom. The average Bonchev–Trinajstić information content (AvgIpc) is 3.60. The number of nitrogens with one attached hydrogen (secondary N) is 2. The number of hydrogen-bond donors (Lipinski definition) is 2. The fourth-order valence-electron chi connectivity index (χ4n) is 4.52. The minimum absolute atomic E-state index is 0.197. The van der Waals surface area contributed by atoms with E-state index in [0.29, 0.717) is 24.2 Å². The summed E-state index contributed by atoms with van der Waals surface area (Å²) in [6.07, 6.45) is 4.11. The molecule has 8 nitrogen and oxygen atoms in total. The average molecular weight is 458 g/mol. The zero-order valence-corrected chi connectivity index (χ0v) is 19.2. The molecule has 2 heterocycles. The quantitative estimate of drug-likeness (QED) is 0.533. The van der Waals surface area contributed by atoms with Crippen molar-refractivity contribution in [2.45, 2.75) is 38.3 Å². The topological polar surface area (TPSA) is 96.3 Å². The molecule has 0 spiro atoms. The molecule has 8 heteroatoms. The van der Waals surface area contributed by atoms with E-state index in [9.17, 15) is 14.4 Å². The van der Waals surface area contributed by atoms with E-state index in [0.717, 1.165) is 29.7 Å². The van der Waals surface area contributed by atoms with Crippen LogP contribution in [0.2, 0.25) is 0 Å². The van der Waals surface area contributed by atoms with Gasteiger partial charge in [-0.3, -0.25) is 14.3 Å². The lowest BCUT2D eigenvalue weighted by molar-refractivity contribution is -0.122. The summed E-state index contributed by atoms with van der Waals surface area (Å²) in [5, 5.41) is 10.1. The number of nitrogens with zero attached hydrogens (tertiary/aromatic N) is 3. The summed E-state index contributed by atoms with van der Waals surface area (Å²) in [7, 11) is 1.83. The van der Waals surface area contributed by atoms with Gasteiger partial charge < -0.3 is 10.6 Å². The largest absolute Gasteiger partial charge is 0.348 e. The van der Waals surface area contributed by atoms with Gasteiger partial charge in [0, 0.05) is 20.0 Å². The van der Waals surface area contributed by atoms with Crippen molar-refractivity contribution >= 4 is 23.5 Å². The van der Waals surface area contributed by atoms with Gasteiger partial charge in [0.15, 0.2) is 0 Å². The molecule has 2 aromatic carbocycles. The van der Waals surface area contributed by atoms with Crippen LogP contribution in [0.4, 0.5) is 10.5 Å². The van der Waals surface area contributed by atoms with Crippen molar-refractivity contribution in [3.05, 3.63) is 83.2 Å². The van der Waals surface area contributed by atoms with Gasteiger partial charge in [-0.2, -0.15) is 5.10 Å². The molecule has 0 radical (unpaired) electrons. The molecule has 1 saturated heterocycles. The second kappa shape index (κ2) is 8.44. The summed E-state index contributed by atoms with van der Waals surface area (Å²) in [6, 6.07) is 16.7. The van der Waals surface area contributed by atoms with Crippen LogP contribution in [0.3, 0.4) is 0 Å². The SMILES string of the molecule is Cn1ncc(C(=O)NCc2ccc(N3C(=O)NC(C)(C4CC4)C3=O)cc2)c1Cc1ccccc1. The first-order valence-electron chi connectivity index (χ1n) is 11.5. The maximum atomic E-state index is 12.9. The molecule has 4 amide bonds. The second-order valence-corrected chi connectivity index (χ2v) is 9.19. The van der Waals surface area contributed by atoms with Gasteiger partial charge >= 0.3 is 6.03 Å². The molecule has 0 bridgehead atoms. The van der Waals surface area contributed by atoms with Crippen molar-refractivity contribution in [1.82, 2.24) is 20.4 Å². The third-order valence-corrected chi connectivity index (χ3v) is 6.78. The highest BCUT2D eigenvalue weighted by molar-refractivity contribution is 6.23. The lowest BCUT2D eigenvalue weighted by Gasteiger charge is -2.21. The molecule has 3 aromatic rings. The normalized spacial score (nSPS) is 19.9. The van der Waals surface area contributed by atoms with Gasteiger partial charge in [0.05, 0.1) is 23.1 Å². The van der Waals surface area contributed by atoms with Crippen LogP contribution >= 0.6 is 0 Å². The van der Waals surface area contributed by atoms with Crippen LogP contribution in [0.25, 0.3) is 0 Å². The van der Waals surface area contributed by atoms with E-state index < -0.39 is 5.54 Å². The first-order chi connectivity index (χ1) is 16.4. The maximum Gasteiger partial charge on any atom is 0.329 e. The minimum atomic E-state index is -0.815. The molecular weight excluding hydrogens is 430 g/mol. The van der Waals surface area contributed by atoms with Crippen LogP contribution in [-0.4, -0.2) is 33.2 Å². The van der Waals surface area contributed by atoms with Gasteiger partial charge in [-0.05, 0) is 48.9 Å². The molecule has 2 fully saturated rings. The van der Waals surface area contributed by atoms with Gasteiger partial charge in [-0.15, -0.1) is 0 Å². The Bertz CT molecular complexity index is 1250. The first kappa shape index (κ1) is 21.9. The van der Waals surface area contributed by atoms with Crippen LogP contribution in [0.15, 0.2) is 60.8 Å². The third-order valence-electron chi connectivity index (χ3n) is 6.78. The highest BCUT2D eigenvalue weighted by Crippen LogP contribution is 2.43. The van der Waals surface area contributed by atoms with Gasteiger partial charge in [-0.1, -0.05) is 42.5 Å². The summed E-state index contributed by atoms with van der Waals surface area (Å²) >= 11 is 0. The van der Waals surface area contributed by atoms with Gasteiger partial charge in [-0.25, -0.2) is 9.69 Å². The van der Waals surface area contributed by atoms with Crippen LogP contribution in [-0.2, 0) is 24.8 Å². The number of aryl methyl sites for hydroxylation is 1. The van der Waals surface area contributed by atoms with E-state index in [4.69, 9.17) is 0 Å². The smallest absolute Gasteiger partial charge is 0.329 e. The summed E-state index contributed by atoms with van der Waals surface area (Å²) in [5.41, 5.74) is 3.07. The number of aromatic nitrogens is 2. The summed E-state index contributed by atoms with van der Waals surface area (Å²) in [6.45, 7) is 2.12. The zero-order valence-electron chi connectivity index (χ0n) is 19.2. The standard InChI is InChI=1S/C26H27N5O3/c1-26(19-10-11-19)24(33)31(25(34)29-26)20-12-8-18(9-13-20)15-27-23(32)21-16-28-30(2)22(21)14-17-6-4-3-5-7-17/h3-9,12-13,16,19H,10-11,14-15H2,1-2H3,(H,27,32)(H,29,34). The molecule has 1 aliphatic carbocycles. The van der Waals surface area contributed by atoms with Crippen LogP contribution < -0.4 is 15.5 Å². The van der Waals surface area contributed by atoms with Gasteiger partial charge in [0.25, 0.3) is 11.8 Å². The molecule has 174 valence electrons. The fourth-order valence-corrected chi connectivity index (χ4v) is 4.52. The third kappa shape index (κ3) is 3.96. The number of carbonyl (C=O) groups is 3. The first-order valence-corrected chi connectivity index (χ1v) is 11.5. The summed E-state index contributed by atoms with van der Waals surface area (Å²) in [4.78, 5) is 39.5. The van der Waals surface area contributed by atoms with E-state index >= 15 is 0 Å². The van der Waals surface area contributed by atoms with Crippen LogP contribution in [0.1, 0.15) is 46.9 Å². The monoisotopic (exact) mass is 457 g/mol. The predicted molar refractivity (Wildman–Crippen MR) is 127 cm³/mol. The van der Waals surface area contributed by atoms with Crippen LogP contribution in [0.5, 0.6) is 0 Å². The molecular formula is C26H27N5O3. The Hall–Kier alpha value is -3.94. The van der Waals surface area contributed by atoms with E-state index in [1.54, 1.807) is 29.9 Å². The Labute approximate surface area is 197 Å². The minimum Gasteiger partial charge on any atom is -0.348 e. The maximum absolute atomic E-state index is 12.9. The molecule has 1 saturated carbocycles. The second-order valence-electron chi connectivity index (χ2n) is 9.19. The van der Waals surface area contributed by atoms with Crippen molar-refractivity contribution in [2.24, 2.45) is 13.0 Å². The number of urea groups is 1. The van der Waals surface area contributed by atoms with Crippen molar-refractivity contribution in [1.29, 1.82) is 0 Å². The number of amides is 4. The highest BCUT2D eigenvalue weighted by Gasteiger charge is 2.56. The molecule has 1 unspecified atom stereocenters. The summed E-state index contributed by atoms with van der Waals surface area (Å²) < 4.78 is 1.73. The van der Waals surface area contributed by atoms with Crippen molar-refractivity contribution in [3.8, 4) is 0 Å². The molecule has 5 rings (SSSR count). The lowest BCUT2D eigenvalue weighted by Crippen LogP contribution is -2.46. The van der Waals surface area contributed by atoms with E-state index in [-0.39, 0.29) is 23.8 Å². The van der Waals surface area contributed by atoms with Gasteiger partial charge in [0.1, 0.15) is 5.54 Å². The molecule has 1 atom stereocenters. The van der Waals surface area contributed by atoms with E-state index in [2.05, 4.69) is 15.7 Å². The zero-order chi connectivity index (χ0) is 23.9. The number of hydrogen-bond acceptors (Lipinski definition) is 4. The Morgan fingerprint density at radius 1 is 1.09 bits per heavy atom. The molecule has 1 aromatic heterocycles. The number of benzene rings is 2. The number of anilines is 1. The predicted octanol–water partition coefficient (Wildman–Crippen LogP) is 3.17. The number of rotatable bonds is 7. The van der Waals surface area contributed by atoms with Crippen molar-refractivity contribution < 1.29 is 14.4 Å². The van der Waals surface area contributed by atoms with E-state index in [1.165, 1.54) is 4.90 Å². The number of imide groups is 1. The van der Waals surface area contributed by atoms with Crippen molar-refractivity contribution in [2.75, 3.05) is 4.90 Å². The lowest BCUT2D eigenvalue weighted by atomic mass is 9.96. The number of carbonyl (C=O) groups excluding carboxylic acids is 3. The Balaban J connectivity index is 1.24. The highest BCUT2D eigenvalue weighted by atomic mass is 16.2. The molecule has 1 aliphatic heterocycles. The summed E-state index contributed by atoms with van der Waals surface area (Å²) in [5.74, 6) is -0.191.